The van der Waals surface area contributed by atoms with Crippen LogP contribution in [-0.2, 0) is 16.4 Å². The van der Waals surface area contributed by atoms with Crippen molar-refractivity contribution in [3.05, 3.63) is 75.7 Å². The second-order valence-corrected chi connectivity index (χ2v) is 9.43. The fraction of sp³-hybridized carbons (Fsp3) is 0.250. The maximum absolute atomic E-state index is 11.9. The van der Waals surface area contributed by atoms with Crippen LogP contribution in [0.15, 0.2) is 53.9 Å². The highest BCUT2D eigenvalue weighted by Crippen LogP contribution is 2.28. The first kappa shape index (κ1) is 19.9. The summed E-state index contributed by atoms with van der Waals surface area (Å²) in [5.74, 6) is 0.0161. The molecule has 142 valence electrons. The predicted octanol–water partition coefficient (Wildman–Crippen LogP) is 4.47. The molecule has 0 saturated carbocycles. The summed E-state index contributed by atoms with van der Waals surface area (Å²) in [4.78, 5) is 1.89. The van der Waals surface area contributed by atoms with Crippen molar-refractivity contribution in [2.45, 2.75) is 26.4 Å². The van der Waals surface area contributed by atoms with E-state index >= 15 is 0 Å². The van der Waals surface area contributed by atoms with Gasteiger partial charge in [0, 0.05) is 12.0 Å². The Morgan fingerprint density at radius 3 is 2.56 bits per heavy atom. The van der Waals surface area contributed by atoms with E-state index in [0.717, 1.165) is 22.4 Å². The Morgan fingerprint density at radius 1 is 1.26 bits per heavy atom. The highest BCUT2D eigenvalue weighted by molar-refractivity contribution is 7.94. The number of sulfone groups is 1. The average molecular weight is 421 g/mol. The smallest absolute Gasteiger partial charge is 0.174 e. The Kier molecular flexibility index (Phi) is 5.89. The zero-order valence-corrected chi connectivity index (χ0v) is 17.5. The summed E-state index contributed by atoms with van der Waals surface area (Å²) < 4.78 is 23.9. The molecule has 0 bridgehead atoms. The molecule has 1 atom stereocenters. The summed E-state index contributed by atoms with van der Waals surface area (Å²) >= 11 is 12.0. The monoisotopic (exact) mass is 420 g/mol. The van der Waals surface area contributed by atoms with E-state index in [1.54, 1.807) is 6.08 Å². The Hall–Kier alpha value is -1.89. The van der Waals surface area contributed by atoms with Gasteiger partial charge in [-0.25, -0.2) is 8.42 Å². The minimum Gasteiger partial charge on any atom is -0.337 e. The Balaban J connectivity index is 1.88. The molecular weight excluding hydrogens is 400 g/mol. The second-order valence-electron chi connectivity index (χ2n) is 6.71. The zero-order chi connectivity index (χ0) is 19.6. The molecule has 1 N–H and O–H groups in total. The predicted molar refractivity (Wildman–Crippen MR) is 116 cm³/mol. The third-order valence-corrected chi connectivity index (χ3v) is 6.44. The van der Waals surface area contributed by atoms with Crippen LogP contribution in [0.5, 0.6) is 0 Å². The zero-order valence-electron chi connectivity index (χ0n) is 15.1. The van der Waals surface area contributed by atoms with Crippen LogP contribution in [0, 0.1) is 13.8 Å². The lowest BCUT2D eigenvalue weighted by Gasteiger charge is -2.31. The lowest BCUT2D eigenvalue weighted by Crippen LogP contribution is -2.43. The number of nitrogens with zero attached hydrogens (tertiary/aromatic N) is 1. The summed E-state index contributed by atoms with van der Waals surface area (Å²) in [7, 11) is -3.20. The van der Waals surface area contributed by atoms with Crippen molar-refractivity contribution in [1.82, 2.24) is 4.90 Å². The molecule has 27 heavy (non-hydrogen) atoms. The average Bonchev–Trinajstić information content (AvgIpc) is 2.96. The van der Waals surface area contributed by atoms with Crippen molar-refractivity contribution in [2.75, 3.05) is 11.1 Å². The van der Waals surface area contributed by atoms with Crippen LogP contribution in [0.3, 0.4) is 0 Å². The topological polar surface area (TPSA) is 49.4 Å². The van der Waals surface area contributed by atoms with E-state index in [2.05, 4.69) is 5.32 Å². The Labute approximate surface area is 170 Å². The molecule has 0 spiro atoms. The molecule has 0 fully saturated rings. The number of thiocarbonyl (C=S) groups is 1. The summed E-state index contributed by atoms with van der Waals surface area (Å²) in [6, 6.07) is 13.4. The van der Waals surface area contributed by atoms with Crippen LogP contribution >= 0.6 is 23.8 Å². The standard InChI is InChI=1S/C20H21ClN2O2S2/c1-14-10-15(2)19(18(21)11-14)22-20(26)23(12-16-6-4-3-5-7-16)17-8-9-27(24,25)13-17/h3-11,17H,12-13H2,1-2H3,(H,22,26)/t17-/m0/s1. The maximum Gasteiger partial charge on any atom is 0.174 e. The summed E-state index contributed by atoms with van der Waals surface area (Å²) in [5, 5.41) is 5.52. The first-order valence-corrected chi connectivity index (χ1v) is 11.0. The van der Waals surface area contributed by atoms with Crippen LogP contribution in [0.4, 0.5) is 5.69 Å². The van der Waals surface area contributed by atoms with E-state index in [0.29, 0.717) is 16.7 Å². The van der Waals surface area contributed by atoms with Gasteiger partial charge < -0.3 is 10.2 Å². The van der Waals surface area contributed by atoms with Gasteiger partial charge in [-0.15, -0.1) is 0 Å². The van der Waals surface area contributed by atoms with Gasteiger partial charge in [0.05, 0.1) is 22.5 Å². The van der Waals surface area contributed by atoms with Crippen molar-refractivity contribution < 1.29 is 8.42 Å². The Bertz CT molecular complexity index is 965. The van der Waals surface area contributed by atoms with Gasteiger partial charge in [0.1, 0.15) is 0 Å². The molecule has 1 heterocycles. The number of benzene rings is 2. The molecule has 7 heteroatoms. The molecular formula is C20H21ClN2O2S2. The summed E-state index contributed by atoms with van der Waals surface area (Å²) in [6.07, 6.45) is 1.69. The first-order valence-electron chi connectivity index (χ1n) is 8.54. The van der Waals surface area contributed by atoms with Crippen molar-refractivity contribution in [2.24, 2.45) is 0 Å². The van der Waals surface area contributed by atoms with Crippen molar-refractivity contribution in [3.8, 4) is 0 Å². The first-order chi connectivity index (χ1) is 12.7. The fourth-order valence-electron chi connectivity index (χ4n) is 3.13. The molecule has 0 saturated heterocycles. The highest BCUT2D eigenvalue weighted by Gasteiger charge is 2.29. The molecule has 0 radical (unpaired) electrons. The van der Waals surface area contributed by atoms with E-state index in [-0.39, 0.29) is 11.8 Å². The van der Waals surface area contributed by atoms with Gasteiger partial charge in [0.15, 0.2) is 14.9 Å². The minimum atomic E-state index is -3.20. The second kappa shape index (κ2) is 8.00. The highest BCUT2D eigenvalue weighted by atomic mass is 35.5. The molecule has 2 aromatic rings. The van der Waals surface area contributed by atoms with E-state index in [1.807, 2.05) is 61.2 Å². The maximum atomic E-state index is 11.9. The van der Waals surface area contributed by atoms with E-state index in [4.69, 9.17) is 23.8 Å². The molecule has 2 aromatic carbocycles. The lowest BCUT2D eigenvalue weighted by molar-refractivity contribution is 0.380. The van der Waals surface area contributed by atoms with E-state index < -0.39 is 9.84 Å². The lowest BCUT2D eigenvalue weighted by atomic mass is 10.1. The SMILES string of the molecule is Cc1cc(C)c(NC(=S)N(Cc2ccccc2)[C@H]2C=CS(=O)(=O)C2)c(Cl)c1. The molecule has 0 amide bonds. The molecule has 4 nitrogen and oxygen atoms in total. The van der Waals surface area contributed by atoms with Crippen molar-refractivity contribution in [3.63, 3.8) is 0 Å². The molecule has 1 aliphatic heterocycles. The van der Waals surface area contributed by atoms with Crippen LogP contribution in [0.25, 0.3) is 0 Å². The number of rotatable bonds is 4. The van der Waals surface area contributed by atoms with E-state index in [1.165, 1.54) is 5.41 Å². The molecule has 0 aliphatic carbocycles. The van der Waals surface area contributed by atoms with Crippen LogP contribution in [-0.4, -0.2) is 30.2 Å². The summed E-state index contributed by atoms with van der Waals surface area (Å²) in [5.41, 5.74) is 3.85. The van der Waals surface area contributed by atoms with Crippen LogP contribution in [0.2, 0.25) is 5.02 Å². The number of nitrogens with one attached hydrogen (secondary N) is 1. The number of hydrogen-bond donors (Lipinski definition) is 1. The number of halogens is 1. The fourth-order valence-corrected chi connectivity index (χ4v) is 5.10. The van der Waals surface area contributed by atoms with Gasteiger partial charge in [-0.2, -0.15) is 0 Å². The largest absolute Gasteiger partial charge is 0.337 e. The Morgan fingerprint density at radius 2 is 1.96 bits per heavy atom. The third kappa shape index (κ3) is 4.89. The molecule has 0 aromatic heterocycles. The van der Waals surface area contributed by atoms with Gasteiger partial charge in [0.2, 0.25) is 0 Å². The van der Waals surface area contributed by atoms with Gasteiger partial charge >= 0.3 is 0 Å². The van der Waals surface area contributed by atoms with Gasteiger partial charge in [-0.1, -0.05) is 48.0 Å². The van der Waals surface area contributed by atoms with Crippen molar-refractivity contribution in [1.29, 1.82) is 0 Å². The normalized spacial score (nSPS) is 17.7. The molecule has 0 unspecified atom stereocenters. The van der Waals surface area contributed by atoms with Crippen LogP contribution in [0.1, 0.15) is 16.7 Å². The molecule has 3 rings (SSSR count). The van der Waals surface area contributed by atoms with Gasteiger partial charge in [-0.05, 0) is 54.9 Å². The quantitative estimate of drug-likeness (QED) is 0.739. The molecule has 1 aliphatic rings. The third-order valence-electron chi connectivity index (χ3n) is 4.43. The summed E-state index contributed by atoms with van der Waals surface area (Å²) in [6.45, 7) is 4.45. The number of anilines is 1. The minimum absolute atomic E-state index is 0.0161. The number of aryl methyl sites for hydroxylation is 2. The van der Waals surface area contributed by atoms with Gasteiger partial charge in [-0.3, -0.25) is 0 Å². The number of hydrogen-bond acceptors (Lipinski definition) is 3. The van der Waals surface area contributed by atoms with Crippen molar-refractivity contribution >= 4 is 44.5 Å². The van der Waals surface area contributed by atoms with E-state index in [9.17, 15) is 8.42 Å². The van der Waals surface area contributed by atoms with Gasteiger partial charge in [0.25, 0.3) is 0 Å². The van der Waals surface area contributed by atoms with Crippen LogP contribution < -0.4 is 5.32 Å².